The normalized spacial score (nSPS) is 11.7. The van der Waals surface area contributed by atoms with Gasteiger partial charge in [0.05, 0.1) is 16.3 Å². The smallest absolute Gasteiger partial charge is 0.263 e. The van der Waals surface area contributed by atoms with Crippen LogP contribution in [0, 0.1) is 34.6 Å². The minimum absolute atomic E-state index is 0.318. The lowest BCUT2D eigenvalue weighted by Gasteiger charge is -2.10. The molecule has 0 radical (unpaired) electrons. The van der Waals surface area contributed by atoms with E-state index in [0.29, 0.717) is 10.6 Å². The monoisotopic (exact) mass is 392 g/mol. The highest BCUT2D eigenvalue weighted by molar-refractivity contribution is 7.93. The second-order valence-corrected chi connectivity index (χ2v) is 10.2. The molecule has 3 aromatic rings. The maximum absolute atomic E-state index is 12.9. The molecule has 3 rings (SSSR count). The van der Waals surface area contributed by atoms with E-state index in [1.165, 1.54) is 11.3 Å². The van der Waals surface area contributed by atoms with Crippen molar-refractivity contribution in [3.8, 4) is 9.88 Å². The molecule has 0 fully saturated rings. The molecule has 0 atom stereocenters. The summed E-state index contributed by atoms with van der Waals surface area (Å²) in [7, 11) is -3.63. The minimum Gasteiger partial charge on any atom is -0.279 e. The van der Waals surface area contributed by atoms with E-state index in [1.54, 1.807) is 23.5 Å². The number of aromatic nitrogens is 1. The van der Waals surface area contributed by atoms with Crippen LogP contribution in [0.15, 0.2) is 29.2 Å². The van der Waals surface area contributed by atoms with Crippen molar-refractivity contribution < 1.29 is 8.42 Å². The van der Waals surface area contributed by atoms with E-state index in [2.05, 4.69) is 9.71 Å². The number of anilines is 1. The van der Waals surface area contributed by atoms with Gasteiger partial charge in [-0.25, -0.2) is 13.4 Å². The first-order valence-corrected chi connectivity index (χ1v) is 10.9. The third-order valence-electron chi connectivity index (χ3n) is 4.03. The summed E-state index contributed by atoms with van der Waals surface area (Å²) in [5, 5.41) is 0.871. The van der Waals surface area contributed by atoms with Crippen LogP contribution in [-0.2, 0) is 10.0 Å². The highest BCUT2D eigenvalue weighted by atomic mass is 32.2. The molecule has 0 aliphatic carbocycles. The Morgan fingerprint density at radius 2 is 1.68 bits per heavy atom. The lowest BCUT2D eigenvalue weighted by molar-refractivity contribution is 0.601. The second kappa shape index (κ2) is 6.55. The number of benzene rings is 1. The number of hydrogen-bond donors (Lipinski definition) is 1. The average molecular weight is 393 g/mol. The summed E-state index contributed by atoms with van der Waals surface area (Å²) in [5.74, 6) is 0. The molecule has 1 aromatic carbocycles. The van der Waals surface area contributed by atoms with Crippen molar-refractivity contribution in [3.63, 3.8) is 0 Å². The van der Waals surface area contributed by atoms with Gasteiger partial charge in [0, 0.05) is 9.75 Å². The van der Waals surface area contributed by atoms with E-state index >= 15 is 0 Å². The zero-order chi connectivity index (χ0) is 18.4. The summed E-state index contributed by atoms with van der Waals surface area (Å²) in [5.41, 5.74) is 3.61. The first kappa shape index (κ1) is 18.1. The van der Waals surface area contributed by atoms with E-state index in [1.807, 2.05) is 46.8 Å². The highest BCUT2D eigenvalue weighted by Gasteiger charge is 2.22. The fourth-order valence-corrected chi connectivity index (χ4v) is 6.23. The van der Waals surface area contributed by atoms with E-state index in [4.69, 9.17) is 0 Å². The molecule has 0 spiro atoms. The molecule has 0 bridgehead atoms. The van der Waals surface area contributed by atoms with Crippen LogP contribution < -0.4 is 4.72 Å². The van der Waals surface area contributed by atoms with Crippen LogP contribution in [-0.4, -0.2) is 13.4 Å². The van der Waals surface area contributed by atoms with Gasteiger partial charge in [0.2, 0.25) is 0 Å². The molecule has 0 unspecified atom stereocenters. The summed E-state index contributed by atoms with van der Waals surface area (Å²) >= 11 is 3.05. The first-order chi connectivity index (χ1) is 11.7. The second-order valence-electron chi connectivity index (χ2n) is 6.12. The van der Waals surface area contributed by atoms with Crippen molar-refractivity contribution in [1.29, 1.82) is 0 Å². The Morgan fingerprint density at radius 3 is 2.28 bits per heavy atom. The van der Waals surface area contributed by atoms with Gasteiger partial charge in [-0.15, -0.1) is 22.7 Å². The molecule has 4 nitrogen and oxygen atoms in total. The zero-order valence-electron chi connectivity index (χ0n) is 14.8. The molecule has 0 amide bonds. The largest absolute Gasteiger partial charge is 0.279 e. The topological polar surface area (TPSA) is 59.1 Å². The SMILES string of the molecule is Cc1ccc(NS(=O)(=O)c2cc(-c3nc(C)c(C)s3)sc2C)c(C)c1. The number of aryl methyl sites for hydroxylation is 5. The van der Waals surface area contributed by atoms with Gasteiger partial charge in [0.1, 0.15) is 9.90 Å². The summed E-state index contributed by atoms with van der Waals surface area (Å²) in [4.78, 5) is 7.66. The molecule has 2 aromatic heterocycles. The minimum atomic E-state index is -3.63. The Kier molecular flexibility index (Phi) is 4.74. The van der Waals surface area contributed by atoms with Gasteiger partial charge in [-0.2, -0.15) is 0 Å². The molecule has 0 aliphatic heterocycles. The molecular weight excluding hydrogens is 372 g/mol. The number of hydrogen-bond acceptors (Lipinski definition) is 5. The molecule has 132 valence electrons. The molecule has 0 saturated carbocycles. The number of thiophene rings is 1. The highest BCUT2D eigenvalue weighted by Crippen LogP contribution is 2.37. The van der Waals surface area contributed by atoms with Gasteiger partial charge in [-0.3, -0.25) is 4.72 Å². The number of nitrogens with zero attached hydrogens (tertiary/aromatic N) is 1. The Bertz CT molecular complexity index is 1030. The molecular formula is C18H20N2O2S3. The van der Waals surface area contributed by atoms with Crippen molar-refractivity contribution in [2.75, 3.05) is 4.72 Å². The Morgan fingerprint density at radius 1 is 0.960 bits per heavy atom. The fourth-order valence-electron chi connectivity index (χ4n) is 2.54. The molecule has 0 saturated heterocycles. The van der Waals surface area contributed by atoms with Crippen LogP contribution in [0.25, 0.3) is 9.88 Å². The van der Waals surface area contributed by atoms with E-state index in [0.717, 1.165) is 36.5 Å². The summed E-state index contributed by atoms with van der Waals surface area (Å²) in [6, 6.07) is 7.39. The summed E-state index contributed by atoms with van der Waals surface area (Å²) in [6.45, 7) is 9.71. The fraction of sp³-hybridized carbons (Fsp3) is 0.278. The predicted molar refractivity (Wildman–Crippen MR) is 106 cm³/mol. The quantitative estimate of drug-likeness (QED) is 0.663. The third-order valence-corrected chi connectivity index (χ3v) is 7.94. The van der Waals surface area contributed by atoms with Crippen molar-refractivity contribution in [3.05, 3.63) is 50.8 Å². The van der Waals surface area contributed by atoms with Gasteiger partial charge in [0.15, 0.2) is 0 Å². The molecule has 1 N–H and O–H groups in total. The van der Waals surface area contributed by atoms with Gasteiger partial charge >= 0.3 is 0 Å². The maximum atomic E-state index is 12.9. The van der Waals surface area contributed by atoms with Crippen molar-refractivity contribution in [2.24, 2.45) is 0 Å². The van der Waals surface area contributed by atoms with Gasteiger partial charge in [-0.1, -0.05) is 17.7 Å². The van der Waals surface area contributed by atoms with Gasteiger partial charge in [-0.05, 0) is 52.3 Å². The van der Waals surface area contributed by atoms with Crippen LogP contribution in [0.1, 0.15) is 26.6 Å². The zero-order valence-corrected chi connectivity index (χ0v) is 17.2. The van der Waals surface area contributed by atoms with Crippen molar-refractivity contribution in [2.45, 2.75) is 39.5 Å². The first-order valence-electron chi connectivity index (χ1n) is 7.82. The predicted octanol–water partition coefficient (Wildman–Crippen LogP) is 5.21. The van der Waals surface area contributed by atoms with Crippen LogP contribution in [0.2, 0.25) is 0 Å². The lowest BCUT2D eigenvalue weighted by Crippen LogP contribution is -2.14. The molecule has 25 heavy (non-hydrogen) atoms. The summed E-state index contributed by atoms with van der Waals surface area (Å²) in [6.07, 6.45) is 0. The van der Waals surface area contributed by atoms with E-state index < -0.39 is 10.0 Å². The van der Waals surface area contributed by atoms with E-state index in [-0.39, 0.29) is 0 Å². The van der Waals surface area contributed by atoms with E-state index in [9.17, 15) is 8.42 Å². The Hall–Kier alpha value is -1.70. The Labute approximate surface area is 156 Å². The number of thiazole rings is 1. The molecule has 7 heteroatoms. The van der Waals surface area contributed by atoms with Crippen LogP contribution in [0.4, 0.5) is 5.69 Å². The standard InChI is InChI=1S/C18H20N2O2S3/c1-10-6-7-15(11(2)8-10)20-25(21,22)17-9-16(23-14(17)5)18-19-12(3)13(4)24-18/h6-9,20H,1-5H3. The number of sulfonamides is 1. The summed E-state index contributed by atoms with van der Waals surface area (Å²) < 4.78 is 28.4. The van der Waals surface area contributed by atoms with Crippen LogP contribution in [0.3, 0.4) is 0 Å². The van der Waals surface area contributed by atoms with Crippen LogP contribution in [0.5, 0.6) is 0 Å². The number of nitrogens with one attached hydrogen (secondary N) is 1. The van der Waals surface area contributed by atoms with Crippen LogP contribution >= 0.6 is 22.7 Å². The van der Waals surface area contributed by atoms with Crippen molar-refractivity contribution in [1.82, 2.24) is 4.98 Å². The van der Waals surface area contributed by atoms with Gasteiger partial charge in [0.25, 0.3) is 10.0 Å². The Balaban J connectivity index is 1.97. The molecule has 2 heterocycles. The number of rotatable bonds is 4. The van der Waals surface area contributed by atoms with Crippen molar-refractivity contribution >= 4 is 38.4 Å². The average Bonchev–Trinajstić information content (AvgIpc) is 3.06. The maximum Gasteiger partial charge on any atom is 0.263 e. The van der Waals surface area contributed by atoms with Gasteiger partial charge < -0.3 is 0 Å². The molecule has 0 aliphatic rings. The third kappa shape index (κ3) is 3.63. The lowest BCUT2D eigenvalue weighted by atomic mass is 10.1.